The molecule has 1 heterocycles. The van der Waals surface area contributed by atoms with Gasteiger partial charge in [-0.05, 0) is 60.9 Å². The van der Waals surface area contributed by atoms with E-state index in [1.807, 2.05) is 54.6 Å². The van der Waals surface area contributed by atoms with Gasteiger partial charge < -0.3 is 10.6 Å². The van der Waals surface area contributed by atoms with Crippen LogP contribution in [0.1, 0.15) is 18.4 Å². The number of halogens is 2. The molecule has 2 aromatic carbocycles. The number of rotatable bonds is 8. The van der Waals surface area contributed by atoms with E-state index >= 15 is 0 Å². The van der Waals surface area contributed by atoms with Gasteiger partial charge in [-0.15, -0.1) is 0 Å². The third kappa shape index (κ3) is 6.08. The van der Waals surface area contributed by atoms with Crippen molar-refractivity contribution >= 4 is 56.1 Å². The van der Waals surface area contributed by atoms with Crippen molar-refractivity contribution in [3.8, 4) is 0 Å². The molecule has 144 valence electrons. The molecular weight excluding hydrogens is 438 g/mol. The van der Waals surface area contributed by atoms with Crippen LogP contribution >= 0.6 is 27.5 Å². The number of hydrogen-bond donors (Lipinski definition) is 2. The number of fused-ring (bicyclic) bond motifs is 1. The summed E-state index contributed by atoms with van der Waals surface area (Å²) < 4.78 is 1.02. The summed E-state index contributed by atoms with van der Waals surface area (Å²) in [4.78, 5) is 16.2. The Morgan fingerprint density at radius 1 is 1.07 bits per heavy atom. The quantitative estimate of drug-likeness (QED) is 0.338. The second-order valence-corrected chi connectivity index (χ2v) is 7.68. The monoisotopic (exact) mass is 457 g/mol. The fourth-order valence-electron chi connectivity index (χ4n) is 2.76. The smallest absolute Gasteiger partial charge is 0.243 e. The standard InChI is InChI=1S/C22H21BrClN3O/c23-17-6-3-16(4-7-17)5-10-22(28)27-13-2-1-12-25-20-11-14-26-21-15-18(24)8-9-19(20)21/h3-11,14-15H,1-2,12-13H2,(H,25,26)(H,27,28)/b10-5+. The lowest BCUT2D eigenvalue weighted by molar-refractivity contribution is -0.116. The molecular formula is C22H21BrClN3O. The zero-order valence-electron chi connectivity index (χ0n) is 15.3. The average Bonchev–Trinajstić information content (AvgIpc) is 2.70. The number of pyridine rings is 1. The van der Waals surface area contributed by atoms with E-state index in [9.17, 15) is 4.79 Å². The third-order valence-electron chi connectivity index (χ3n) is 4.22. The first-order chi connectivity index (χ1) is 13.6. The largest absolute Gasteiger partial charge is 0.384 e. The lowest BCUT2D eigenvalue weighted by atomic mass is 10.2. The number of aromatic nitrogens is 1. The molecule has 1 amide bonds. The molecule has 0 aliphatic rings. The van der Waals surface area contributed by atoms with Gasteiger partial charge in [0, 0.05) is 45.9 Å². The van der Waals surface area contributed by atoms with Crippen LogP contribution in [0.4, 0.5) is 5.69 Å². The first-order valence-electron chi connectivity index (χ1n) is 9.11. The lowest BCUT2D eigenvalue weighted by Crippen LogP contribution is -2.22. The molecule has 0 saturated carbocycles. The Bertz CT molecular complexity index is 973. The second kappa shape index (κ2) is 10.2. The van der Waals surface area contributed by atoms with Gasteiger partial charge in [0.1, 0.15) is 0 Å². The van der Waals surface area contributed by atoms with Crippen LogP contribution in [0.3, 0.4) is 0 Å². The van der Waals surface area contributed by atoms with Gasteiger partial charge in [-0.1, -0.05) is 39.7 Å². The summed E-state index contributed by atoms with van der Waals surface area (Å²) in [7, 11) is 0. The summed E-state index contributed by atoms with van der Waals surface area (Å²) in [5, 5.41) is 8.08. The first kappa shape index (κ1) is 20.4. The number of unbranched alkanes of at least 4 members (excludes halogenated alkanes) is 1. The van der Waals surface area contributed by atoms with Crippen molar-refractivity contribution in [3.63, 3.8) is 0 Å². The van der Waals surface area contributed by atoms with Crippen LogP contribution in [-0.4, -0.2) is 24.0 Å². The number of nitrogens with zero attached hydrogens (tertiary/aromatic N) is 1. The van der Waals surface area contributed by atoms with Crippen molar-refractivity contribution in [2.24, 2.45) is 0 Å². The fourth-order valence-corrected chi connectivity index (χ4v) is 3.20. The van der Waals surface area contributed by atoms with Gasteiger partial charge in [0.25, 0.3) is 0 Å². The Kier molecular flexibility index (Phi) is 7.46. The zero-order valence-corrected chi connectivity index (χ0v) is 17.6. The molecule has 0 unspecified atom stereocenters. The van der Waals surface area contributed by atoms with E-state index in [1.54, 1.807) is 12.3 Å². The van der Waals surface area contributed by atoms with Crippen molar-refractivity contribution in [3.05, 3.63) is 75.9 Å². The SMILES string of the molecule is O=C(/C=C/c1ccc(Br)cc1)NCCCCNc1ccnc2cc(Cl)ccc12. The van der Waals surface area contributed by atoms with Gasteiger partial charge in [-0.2, -0.15) is 0 Å². The molecule has 0 saturated heterocycles. The molecule has 0 spiro atoms. The number of anilines is 1. The number of nitrogens with one attached hydrogen (secondary N) is 2. The van der Waals surface area contributed by atoms with Crippen molar-refractivity contribution in [1.82, 2.24) is 10.3 Å². The van der Waals surface area contributed by atoms with E-state index in [0.717, 1.165) is 46.0 Å². The number of benzene rings is 2. The summed E-state index contributed by atoms with van der Waals surface area (Å²) in [6, 6.07) is 15.5. The summed E-state index contributed by atoms with van der Waals surface area (Å²) in [5.74, 6) is -0.0760. The first-order valence-corrected chi connectivity index (χ1v) is 10.3. The van der Waals surface area contributed by atoms with Gasteiger partial charge in [0.15, 0.2) is 0 Å². The zero-order chi connectivity index (χ0) is 19.8. The van der Waals surface area contributed by atoms with Gasteiger partial charge in [-0.25, -0.2) is 0 Å². The molecule has 0 aliphatic heterocycles. The predicted molar refractivity (Wildman–Crippen MR) is 121 cm³/mol. The Morgan fingerprint density at radius 2 is 1.86 bits per heavy atom. The molecule has 6 heteroatoms. The van der Waals surface area contributed by atoms with Gasteiger partial charge in [0.05, 0.1) is 5.52 Å². The van der Waals surface area contributed by atoms with Gasteiger partial charge in [0.2, 0.25) is 5.91 Å². The predicted octanol–water partition coefficient (Wildman–Crippen LogP) is 5.67. The topological polar surface area (TPSA) is 54.0 Å². The van der Waals surface area contributed by atoms with E-state index in [1.165, 1.54) is 0 Å². The summed E-state index contributed by atoms with van der Waals surface area (Å²) in [6.45, 7) is 1.48. The highest BCUT2D eigenvalue weighted by Gasteiger charge is 2.02. The maximum atomic E-state index is 11.9. The van der Waals surface area contributed by atoms with Crippen LogP contribution in [0.2, 0.25) is 5.02 Å². The highest BCUT2D eigenvalue weighted by Crippen LogP contribution is 2.24. The molecule has 0 atom stereocenters. The van der Waals surface area contributed by atoms with Crippen molar-refractivity contribution in [2.45, 2.75) is 12.8 Å². The normalized spacial score (nSPS) is 11.1. The van der Waals surface area contributed by atoms with E-state index in [2.05, 4.69) is 31.5 Å². The third-order valence-corrected chi connectivity index (χ3v) is 4.98. The van der Waals surface area contributed by atoms with Crippen molar-refractivity contribution in [1.29, 1.82) is 0 Å². The number of hydrogen-bond acceptors (Lipinski definition) is 3. The second-order valence-electron chi connectivity index (χ2n) is 6.33. The molecule has 2 N–H and O–H groups in total. The van der Waals surface area contributed by atoms with Crippen molar-refractivity contribution < 1.29 is 4.79 Å². The number of carbonyl (C=O) groups excluding carboxylic acids is 1. The minimum atomic E-state index is -0.0760. The summed E-state index contributed by atoms with van der Waals surface area (Å²) in [5.41, 5.74) is 2.92. The Hall–Kier alpha value is -2.37. The average molecular weight is 459 g/mol. The number of amides is 1. The van der Waals surface area contributed by atoms with E-state index in [0.29, 0.717) is 11.6 Å². The van der Waals surface area contributed by atoms with Crippen LogP contribution in [0.15, 0.2) is 65.3 Å². The molecule has 1 aromatic heterocycles. The molecule has 28 heavy (non-hydrogen) atoms. The molecule has 3 rings (SSSR count). The molecule has 0 radical (unpaired) electrons. The molecule has 0 bridgehead atoms. The van der Waals surface area contributed by atoms with Crippen LogP contribution in [0.25, 0.3) is 17.0 Å². The Labute approximate surface area is 178 Å². The van der Waals surface area contributed by atoms with Gasteiger partial charge >= 0.3 is 0 Å². The number of carbonyl (C=O) groups is 1. The Balaban J connectivity index is 1.37. The van der Waals surface area contributed by atoms with Crippen LogP contribution in [-0.2, 0) is 4.79 Å². The molecule has 4 nitrogen and oxygen atoms in total. The maximum Gasteiger partial charge on any atom is 0.243 e. The van der Waals surface area contributed by atoms with E-state index in [-0.39, 0.29) is 5.91 Å². The minimum absolute atomic E-state index is 0.0760. The lowest BCUT2D eigenvalue weighted by Gasteiger charge is -2.09. The van der Waals surface area contributed by atoms with E-state index < -0.39 is 0 Å². The minimum Gasteiger partial charge on any atom is -0.384 e. The Morgan fingerprint density at radius 3 is 2.68 bits per heavy atom. The summed E-state index contributed by atoms with van der Waals surface area (Å²) >= 11 is 9.41. The van der Waals surface area contributed by atoms with Gasteiger partial charge in [-0.3, -0.25) is 9.78 Å². The van der Waals surface area contributed by atoms with Crippen molar-refractivity contribution in [2.75, 3.05) is 18.4 Å². The molecule has 0 fully saturated rings. The highest BCUT2D eigenvalue weighted by atomic mass is 79.9. The maximum absolute atomic E-state index is 11.9. The molecule has 0 aliphatic carbocycles. The molecule has 3 aromatic rings. The van der Waals surface area contributed by atoms with E-state index in [4.69, 9.17) is 11.6 Å². The fraction of sp³-hybridized carbons (Fsp3) is 0.182. The van der Waals surface area contributed by atoms with Crippen LogP contribution < -0.4 is 10.6 Å². The van der Waals surface area contributed by atoms with Crippen LogP contribution in [0.5, 0.6) is 0 Å². The summed E-state index contributed by atoms with van der Waals surface area (Å²) in [6.07, 6.45) is 7.01. The highest BCUT2D eigenvalue weighted by molar-refractivity contribution is 9.10. The van der Waals surface area contributed by atoms with Crippen LogP contribution in [0, 0.1) is 0 Å².